The summed E-state index contributed by atoms with van der Waals surface area (Å²) in [5.41, 5.74) is 1.01. The van der Waals surface area contributed by atoms with Crippen LogP contribution >= 0.6 is 11.3 Å². The number of benzene rings is 1. The predicted molar refractivity (Wildman–Crippen MR) is 65.3 cm³/mol. The third-order valence-electron chi connectivity index (χ3n) is 2.32. The van der Waals surface area contributed by atoms with Gasteiger partial charge in [0.15, 0.2) is 5.78 Å². The van der Waals surface area contributed by atoms with Gasteiger partial charge in [0.1, 0.15) is 5.75 Å². The summed E-state index contributed by atoms with van der Waals surface area (Å²) >= 11 is 1.48. The average molecular weight is 232 g/mol. The van der Waals surface area contributed by atoms with Crippen molar-refractivity contribution in [3.63, 3.8) is 0 Å². The topological polar surface area (TPSA) is 26.3 Å². The SMILES string of the molecule is COc1ccc(CC(=O)c2cccs2)cc1. The Balaban J connectivity index is 2.06. The molecule has 0 aliphatic rings. The van der Waals surface area contributed by atoms with Crippen LogP contribution in [0.2, 0.25) is 0 Å². The third-order valence-corrected chi connectivity index (χ3v) is 3.23. The molecule has 0 spiro atoms. The van der Waals surface area contributed by atoms with Crippen LogP contribution in [0.25, 0.3) is 0 Å². The molecule has 1 aromatic heterocycles. The predicted octanol–water partition coefficient (Wildman–Crippen LogP) is 3.18. The molecule has 0 aliphatic heterocycles. The molecule has 2 rings (SSSR count). The Morgan fingerprint density at radius 1 is 1.25 bits per heavy atom. The molecule has 0 saturated heterocycles. The molecule has 0 aliphatic carbocycles. The lowest BCUT2D eigenvalue weighted by molar-refractivity contribution is 0.0997. The van der Waals surface area contributed by atoms with Crippen molar-refractivity contribution in [2.24, 2.45) is 0 Å². The van der Waals surface area contributed by atoms with Crippen molar-refractivity contribution < 1.29 is 9.53 Å². The Morgan fingerprint density at radius 3 is 2.56 bits per heavy atom. The highest BCUT2D eigenvalue weighted by atomic mass is 32.1. The molecule has 2 nitrogen and oxygen atoms in total. The zero-order valence-electron chi connectivity index (χ0n) is 8.97. The molecule has 0 N–H and O–H groups in total. The van der Waals surface area contributed by atoms with E-state index in [1.165, 1.54) is 11.3 Å². The maximum Gasteiger partial charge on any atom is 0.177 e. The highest BCUT2D eigenvalue weighted by Crippen LogP contribution is 2.15. The maximum atomic E-state index is 11.8. The van der Waals surface area contributed by atoms with E-state index in [1.807, 2.05) is 41.8 Å². The first-order valence-corrected chi connectivity index (χ1v) is 5.87. The number of carbonyl (C=O) groups excluding carboxylic acids is 1. The van der Waals surface area contributed by atoms with Gasteiger partial charge in [-0.25, -0.2) is 0 Å². The first kappa shape index (κ1) is 10.9. The molecule has 3 heteroatoms. The van der Waals surface area contributed by atoms with Gasteiger partial charge in [0, 0.05) is 6.42 Å². The fourth-order valence-electron chi connectivity index (χ4n) is 1.45. The van der Waals surface area contributed by atoms with Crippen LogP contribution in [0.3, 0.4) is 0 Å². The Labute approximate surface area is 98.5 Å². The molecule has 0 amide bonds. The molecule has 0 radical (unpaired) electrons. The number of thiophene rings is 1. The van der Waals surface area contributed by atoms with Gasteiger partial charge < -0.3 is 4.74 Å². The molecule has 16 heavy (non-hydrogen) atoms. The van der Waals surface area contributed by atoms with E-state index < -0.39 is 0 Å². The van der Waals surface area contributed by atoms with Gasteiger partial charge in [-0.15, -0.1) is 11.3 Å². The number of ether oxygens (including phenoxy) is 1. The van der Waals surface area contributed by atoms with Crippen molar-refractivity contribution in [2.75, 3.05) is 7.11 Å². The second-order valence-corrected chi connectivity index (χ2v) is 4.37. The smallest absolute Gasteiger partial charge is 0.177 e. The molecular weight excluding hydrogens is 220 g/mol. The van der Waals surface area contributed by atoms with E-state index in [-0.39, 0.29) is 5.78 Å². The summed E-state index contributed by atoms with van der Waals surface area (Å²) in [6.07, 6.45) is 0.449. The van der Waals surface area contributed by atoms with Gasteiger partial charge in [-0.2, -0.15) is 0 Å². The number of Topliss-reactive ketones (excluding diaryl/α,β-unsaturated/α-hetero) is 1. The van der Waals surface area contributed by atoms with Crippen molar-refractivity contribution in [2.45, 2.75) is 6.42 Å². The van der Waals surface area contributed by atoms with Gasteiger partial charge in [0.05, 0.1) is 12.0 Å². The summed E-state index contributed by atoms with van der Waals surface area (Å²) in [6, 6.07) is 11.3. The second-order valence-electron chi connectivity index (χ2n) is 3.43. The lowest BCUT2D eigenvalue weighted by Crippen LogP contribution is -2.00. The second kappa shape index (κ2) is 4.94. The largest absolute Gasteiger partial charge is 0.497 e. The van der Waals surface area contributed by atoms with Crippen LogP contribution < -0.4 is 4.74 Å². The van der Waals surface area contributed by atoms with Crippen LogP contribution in [-0.2, 0) is 6.42 Å². The van der Waals surface area contributed by atoms with E-state index in [9.17, 15) is 4.79 Å². The third kappa shape index (κ3) is 2.49. The Hall–Kier alpha value is -1.61. The van der Waals surface area contributed by atoms with Crippen molar-refractivity contribution in [1.29, 1.82) is 0 Å². The minimum atomic E-state index is 0.167. The molecule has 2 aromatic rings. The van der Waals surface area contributed by atoms with Gasteiger partial charge in [-0.1, -0.05) is 18.2 Å². The summed E-state index contributed by atoms with van der Waals surface area (Å²) in [6.45, 7) is 0. The summed E-state index contributed by atoms with van der Waals surface area (Å²) in [7, 11) is 1.63. The van der Waals surface area contributed by atoms with Crippen molar-refractivity contribution in [1.82, 2.24) is 0 Å². The first-order valence-electron chi connectivity index (χ1n) is 4.99. The molecule has 0 atom stereocenters. The Kier molecular flexibility index (Phi) is 3.37. The number of ketones is 1. The highest BCUT2D eigenvalue weighted by Gasteiger charge is 2.07. The molecule has 0 saturated carbocycles. The summed E-state index contributed by atoms with van der Waals surface area (Å²) in [5.74, 6) is 0.979. The van der Waals surface area contributed by atoms with Crippen molar-refractivity contribution in [3.05, 3.63) is 52.2 Å². The van der Waals surface area contributed by atoms with Crippen molar-refractivity contribution in [3.8, 4) is 5.75 Å². The molecule has 82 valence electrons. The van der Waals surface area contributed by atoms with E-state index in [4.69, 9.17) is 4.74 Å². The molecule has 1 heterocycles. The van der Waals surface area contributed by atoms with Crippen LogP contribution in [0.4, 0.5) is 0 Å². The molecule has 0 bridgehead atoms. The monoisotopic (exact) mass is 232 g/mol. The molecule has 1 aromatic carbocycles. The van der Waals surface area contributed by atoms with Crippen molar-refractivity contribution >= 4 is 17.1 Å². The number of hydrogen-bond donors (Lipinski definition) is 0. The van der Waals surface area contributed by atoms with Gasteiger partial charge in [-0.3, -0.25) is 4.79 Å². The van der Waals surface area contributed by atoms with Crippen LogP contribution in [-0.4, -0.2) is 12.9 Å². The van der Waals surface area contributed by atoms with E-state index in [0.29, 0.717) is 6.42 Å². The summed E-state index contributed by atoms with van der Waals surface area (Å²) in [4.78, 5) is 12.6. The standard InChI is InChI=1S/C13H12O2S/c1-15-11-6-4-10(5-7-11)9-12(14)13-3-2-8-16-13/h2-8H,9H2,1H3. The zero-order chi connectivity index (χ0) is 11.4. The van der Waals surface area contributed by atoms with Gasteiger partial charge in [0.25, 0.3) is 0 Å². The van der Waals surface area contributed by atoms with Crippen LogP contribution in [0.1, 0.15) is 15.2 Å². The van der Waals surface area contributed by atoms with E-state index in [2.05, 4.69) is 0 Å². The number of carbonyl (C=O) groups is 1. The van der Waals surface area contributed by atoms with E-state index in [0.717, 1.165) is 16.2 Å². The maximum absolute atomic E-state index is 11.8. The fourth-order valence-corrected chi connectivity index (χ4v) is 2.12. The van der Waals surface area contributed by atoms with Crippen LogP contribution in [0.5, 0.6) is 5.75 Å². The van der Waals surface area contributed by atoms with Crippen LogP contribution in [0, 0.1) is 0 Å². The summed E-state index contributed by atoms with van der Waals surface area (Å²) < 4.78 is 5.06. The van der Waals surface area contributed by atoms with Crippen LogP contribution in [0.15, 0.2) is 41.8 Å². The minimum absolute atomic E-state index is 0.167. The normalized spacial score (nSPS) is 10.1. The van der Waals surface area contributed by atoms with E-state index >= 15 is 0 Å². The van der Waals surface area contributed by atoms with Gasteiger partial charge >= 0.3 is 0 Å². The van der Waals surface area contributed by atoms with Gasteiger partial charge in [0.2, 0.25) is 0 Å². The zero-order valence-corrected chi connectivity index (χ0v) is 9.79. The lowest BCUT2D eigenvalue weighted by atomic mass is 10.1. The summed E-state index contributed by atoms with van der Waals surface area (Å²) in [5, 5.41) is 1.92. The molecule has 0 fully saturated rings. The quantitative estimate of drug-likeness (QED) is 0.757. The van der Waals surface area contributed by atoms with E-state index in [1.54, 1.807) is 7.11 Å². The lowest BCUT2D eigenvalue weighted by Gasteiger charge is -2.02. The van der Waals surface area contributed by atoms with Gasteiger partial charge in [-0.05, 0) is 29.1 Å². The minimum Gasteiger partial charge on any atom is -0.497 e. The highest BCUT2D eigenvalue weighted by molar-refractivity contribution is 7.12. The molecule has 0 unspecified atom stereocenters. The number of methoxy groups -OCH3 is 1. The Bertz CT molecular complexity index is 457. The molecular formula is C13H12O2S. The average Bonchev–Trinajstić information content (AvgIpc) is 2.83. The number of hydrogen-bond acceptors (Lipinski definition) is 3. The Morgan fingerprint density at radius 2 is 2.00 bits per heavy atom. The fraction of sp³-hybridized carbons (Fsp3) is 0.154. The number of rotatable bonds is 4. The first-order chi connectivity index (χ1) is 7.79.